The molecule has 0 aliphatic rings. The molecule has 1 atom stereocenters. The van der Waals surface area contributed by atoms with Crippen LogP contribution in [0.25, 0.3) is 0 Å². The lowest BCUT2D eigenvalue weighted by Gasteiger charge is -2.15. The van der Waals surface area contributed by atoms with Crippen LogP contribution in [-0.2, 0) is 16.4 Å². The van der Waals surface area contributed by atoms with Crippen molar-refractivity contribution in [2.24, 2.45) is 5.14 Å². The predicted octanol–water partition coefficient (Wildman–Crippen LogP) is 1.94. The molecule has 2 rings (SSSR count). The van der Waals surface area contributed by atoms with Crippen molar-refractivity contribution in [3.05, 3.63) is 54.1 Å². The minimum atomic E-state index is -3.67. The fourth-order valence-electron chi connectivity index (χ4n) is 2.48. The number of ether oxygens (including phenoxy) is 2. The third-order valence-corrected chi connectivity index (χ3v) is 4.60. The summed E-state index contributed by atoms with van der Waals surface area (Å²) in [5.41, 5.74) is 0.914. The van der Waals surface area contributed by atoms with Crippen LogP contribution in [0.2, 0.25) is 0 Å². The summed E-state index contributed by atoms with van der Waals surface area (Å²) in [6.45, 7) is 3.20. The summed E-state index contributed by atoms with van der Waals surface area (Å²) < 4.78 is 33.8. The summed E-state index contributed by atoms with van der Waals surface area (Å²) in [6.07, 6.45) is 0.692. The zero-order valence-electron chi connectivity index (χ0n) is 14.4. The van der Waals surface area contributed by atoms with Gasteiger partial charge in [-0.1, -0.05) is 24.3 Å². The summed E-state index contributed by atoms with van der Waals surface area (Å²) in [7, 11) is -2.06. The molecule has 0 aromatic heterocycles. The molecule has 7 heteroatoms. The molecule has 2 aromatic carbocycles. The standard InChI is InChI=1S/C18H24N2O4S/c1-14(12-15-6-5-7-16(13-15)25(19,21)22)20-10-11-24-18-9-4-3-8-17(18)23-2/h3-9,13-14,20H,10-12H2,1-2H3,(H2,19,21,22). The van der Waals surface area contributed by atoms with E-state index in [2.05, 4.69) is 5.32 Å². The van der Waals surface area contributed by atoms with Gasteiger partial charge in [-0.2, -0.15) is 0 Å². The van der Waals surface area contributed by atoms with Crippen LogP contribution in [0.1, 0.15) is 12.5 Å². The van der Waals surface area contributed by atoms with Gasteiger partial charge in [0.1, 0.15) is 6.61 Å². The Balaban J connectivity index is 1.80. The Morgan fingerprint density at radius 3 is 2.52 bits per heavy atom. The second-order valence-electron chi connectivity index (χ2n) is 5.75. The first-order valence-corrected chi connectivity index (χ1v) is 9.55. The Morgan fingerprint density at radius 2 is 1.84 bits per heavy atom. The van der Waals surface area contributed by atoms with E-state index in [4.69, 9.17) is 14.6 Å². The molecule has 0 aliphatic heterocycles. The SMILES string of the molecule is COc1ccccc1OCCNC(C)Cc1cccc(S(N)(=O)=O)c1. The van der Waals surface area contributed by atoms with Crippen molar-refractivity contribution >= 4 is 10.0 Å². The van der Waals surface area contributed by atoms with Crippen molar-refractivity contribution in [3.63, 3.8) is 0 Å². The summed E-state index contributed by atoms with van der Waals surface area (Å²) in [6, 6.07) is 14.4. The number of nitrogens with two attached hydrogens (primary N) is 1. The number of methoxy groups -OCH3 is 1. The lowest BCUT2D eigenvalue weighted by molar-refractivity contribution is 0.287. The monoisotopic (exact) mass is 364 g/mol. The Hall–Kier alpha value is -2.09. The number of sulfonamides is 1. The summed E-state index contributed by atoms with van der Waals surface area (Å²) >= 11 is 0. The van der Waals surface area contributed by atoms with Crippen molar-refractivity contribution in [2.45, 2.75) is 24.3 Å². The van der Waals surface area contributed by atoms with Crippen LogP contribution >= 0.6 is 0 Å². The first-order chi connectivity index (χ1) is 11.9. The normalized spacial score (nSPS) is 12.6. The van der Waals surface area contributed by atoms with Gasteiger partial charge in [-0.15, -0.1) is 0 Å². The van der Waals surface area contributed by atoms with E-state index in [1.165, 1.54) is 6.07 Å². The molecule has 0 aliphatic carbocycles. The lowest BCUT2D eigenvalue weighted by Crippen LogP contribution is -2.31. The minimum absolute atomic E-state index is 0.136. The fourth-order valence-corrected chi connectivity index (χ4v) is 3.06. The van der Waals surface area contributed by atoms with Crippen LogP contribution in [0, 0.1) is 0 Å². The summed E-state index contributed by atoms with van der Waals surface area (Å²) in [4.78, 5) is 0.136. The van der Waals surface area contributed by atoms with Gasteiger partial charge >= 0.3 is 0 Å². The maximum Gasteiger partial charge on any atom is 0.238 e. The number of rotatable bonds is 9. The van der Waals surface area contributed by atoms with E-state index >= 15 is 0 Å². The molecule has 0 saturated heterocycles. The van der Waals surface area contributed by atoms with Crippen molar-refractivity contribution < 1.29 is 17.9 Å². The third kappa shape index (κ3) is 6.04. The molecular weight excluding hydrogens is 340 g/mol. The van der Waals surface area contributed by atoms with Gasteiger partial charge in [0, 0.05) is 12.6 Å². The van der Waals surface area contributed by atoms with E-state index in [0.29, 0.717) is 31.1 Å². The van der Waals surface area contributed by atoms with Crippen molar-refractivity contribution in [2.75, 3.05) is 20.3 Å². The Bertz CT molecular complexity index is 793. The van der Waals surface area contributed by atoms with Crippen LogP contribution in [0.3, 0.4) is 0 Å². The zero-order chi connectivity index (χ0) is 18.3. The molecule has 3 N–H and O–H groups in total. The molecule has 0 radical (unpaired) electrons. The average molecular weight is 364 g/mol. The third-order valence-electron chi connectivity index (χ3n) is 3.69. The topological polar surface area (TPSA) is 90.7 Å². The highest BCUT2D eigenvalue weighted by Gasteiger charge is 2.10. The van der Waals surface area contributed by atoms with Crippen LogP contribution in [0.15, 0.2) is 53.4 Å². The van der Waals surface area contributed by atoms with Gasteiger partial charge in [0.15, 0.2) is 11.5 Å². The largest absolute Gasteiger partial charge is 0.493 e. The number of benzene rings is 2. The molecule has 0 saturated carbocycles. The molecule has 0 bridgehead atoms. The number of nitrogens with one attached hydrogen (secondary N) is 1. The van der Waals surface area contributed by atoms with E-state index in [-0.39, 0.29) is 10.9 Å². The van der Waals surface area contributed by atoms with Crippen molar-refractivity contribution in [1.82, 2.24) is 5.32 Å². The number of hydrogen-bond donors (Lipinski definition) is 2. The summed E-state index contributed by atoms with van der Waals surface area (Å²) in [5, 5.41) is 8.51. The quantitative estimate of drug-likeness (QED) is 0.664. The highest BCUT2D eigenvalue weighted by atomic mass is 32.2. The van der Waals surface area contributed by atoms with Crippen LogP contribution in [-0.4, -0.2) is 34.7 Å². The van der Waals surface area contributed by atoms with Gasteiger partial charge in [-0.3, -0.25) is 0 Å². The van der Waals surface area contributed by atoms with Gasteiger partial charge in [0.25, 0.3) is 0 Å². The highest BCUT2D eigenvalue weighted by Crippen LogP contribution is 2.25. The fraction of sp³-hybridized carbons (Fsp3) is 0.333. The van der Waals surface area contributed by atoms with Crippen LogP contribution in [0.4, 0.5) is 0 Å². The maximum absolute atomic E-state index is 11.4. The van der Waals surface area contributed by atoms with E-state index in [9.17, 15) is 8.42 Å². The molecule has 0 spiro atoms. The second-order valence-corrected chi connectivity index (χ2v) is 7.31. The first-order valence-electron chi connectivity index (χ1n) is 8.01. The molecule has 25 heavy (non-hydrogen) atoms. The Kier molecular flexibility index (Phi) is 6.81. The van der Waals surface area contributed by atoms with Gasteiger partial charge in [-0.25, -0.2) is 13.6 Å². The molecule has 0 heterocycles. The van der Waals surface area contributed by atoms with E-state index in [0.717, 1.165) is 5.56 Å². The number of hydrogen-bond acceptors (Lipinski definition) is 5. The maximum atomic E-state index is 11.4. The number of para-hydroxylation sites is 2. The second kappa shape index (κ2) is 8.84. The molecule has 6 nitrogen and oxygen atoms in total. The average Bonchev–Trinajstić information content (AvgIpc) is 2.58. The first kappa shape index (κ1) is 19.2. The van der Waals surface area contributed by atoms with Gasteiger partial charge < -0.3 is 14.8 Å². The molecule has 0 amide bonds. The Labute approximate surface area is 149 Å². The highest BCUT2D eigenvalue weighted by molar-refractivity contribution is 7.89. The molecule has 136 valence electrons. The molecule has 1 unspecified atom stereocenters. The molecule has 0 fully saturated rings. The van der Waals surface area contributed by atoms with Crippen LogP contribution < -0.4 is 19.9 Å². The predicted molar refractivity (Wildman–Crippen MR) is 97.5 cm³/mol. The van der Waals surface area contributed by atoms with Gasteiger partial charge in [-0.05, 0) is 43.2 Å². The number of primary sulfonamides is 1. The summed E-state index contributed by atoms with van der Waals surface area (Å²) in [5.74, 6) is 1.41. The van der Waals surface area contributed by atoms with E-state index < -0.39 is 10.0 Å². The molecular formula is C18H24N2O4S. The lowest BCUT2D eigenvalue weighted by atomic mass is 10.1. The van der Waals surface area contributed by atoms with Crippen molar-refractivity contribution in [3.8, 4) is 11.5 Å². The zero-order valence-corrected chi connectivity index (χ0v) is 15.3. The Morgan fingerprint density at radius 1 is 1.12 bits per heavy atom. The minimum Gasteiger partial charge on any atom is -0.493 e. The van der Waals surface area contributed by atoms with Gasteiger partial charge in [0.2, 0.25) is 10.0 Å². The molecule has 2 aromatic rings. The van der Waals surface area contributed by atoms with Crippen molar-refractivity contribution in [1.29, 1.82) is 0 Å². The van der Waals surface area contributed by atoms with E-state index in [1.54, 1.807) is 19.2 Å². The van der Waals surface area contributed by atoms with Gasteiger partial charge in [0.05, 0.1) is 12.0 Å². The smallest absolute Gasteiger partial charge is 0.238 e. The van der Waals surface area contributed by atoms with E-state index in [1.807, 2.05) is 37.3 Å². The van der Waals surface area contributed by atoms with Crippen LogP contribution in [0.5, 0.6) is 11.5 Å².